The van der Waals surface area contributed by atoms with Crippen LogP contribution in [0.15, 0.2) is 12.1 Å². The van der Waals surface area contributed by atoms with E-state index in [9.17, 15) is 4.79 Å². The van der Waals surface area contributed by atoms with Gasteiger partial charge in [-0.2, -0.15) is 0 Å². The molecule has 2 aromatic heterocycles. The van der Waals surface area contributed by atoms with Crippen molar-refractivity contribution in [3.8, 4) is 0 Å². The third-order valence-corrected chi connectivity index (χ3v) is 2.63. The molecule has 0 atom stereocenters. The first-order chi connectivity index (χ1) is 9.44. The van der Waals surface area contributed by atoms with E-state index in [1.807, 2.05) is 26.8 Å². The van der Waals surface area contributed by atoms with Gasteiger partial charge in [-0.3, -0.25) is 4.79 Å². The van der Waals surface area contributed by atoms with E-state index in [1.54, 1.807) is 13.0 Å². The van der Waals surface area contributed by atoms with Gasteiger partial charge in [-0.25, -0.2) is 19.9 Å². The van der Waals surface area contributed by atoms with Crippen LogP contribution in [0.2, 0.25) is 0 Å². The molecule has 0 radical (unpaired) electrons. The Labute approximate surface area is 117 Å². The number of nitrogens with zero attached hydrogens (tertiary/aromatic N) is 4. The number of amides is 1. The number of rotatable bonds is 3. The monoisotopic (exact) mass is 271 g/mol. The van der Waals surface area contributed by atoms with Crippen LogP contribution < -0.4 is 5.32 Å². The molecule has 2 aromatic rings. The third kappa shape index (κ3) is 3.57. The molecular formula is C14H17N5O. The van der Waals surface area contributed by atoms with E-state index in [0.29, 0.717) is 17.3 Å². The highest BCUT2D eigenvalue weighted by molar-refractivity contribution is 5.92. The average molecular weight is 271 g/mol. The normalized spacial score (nSPS) is 10.4. The second-order valence-electron chi connectivity index (χ2n) is 4.69. The molecule has 0 aliphatic rings. The Morgan fingerprint density at radius 2 is 1.55 bits per heavy atom. The lowest BCUT2D eigenvalue weighted by Gasteiger charge is -2.06. The lowest BCUT2D eigenvalue weighted by Crippen LogP contribution is -2.25. The number of aromatic nitrogens is 4. The lowest BCUT2D eigenvalue weighted by molar-refractivity contribution is 0.0944. The molecular weight excluding hydrogens is 254 g/mol. The zero-order valence-corrected chi connectivity index (χ0v) is 12.1. The predicted octanol–water partition coefficient (Wildman–Crippen LogP) is 1.43. The zero-order valence-electron chi connectivity index (χ0n) is 12.1. The summed E-state index contributed by atoms with van der Waals surface area (Å²) in [4.78, 5) is 28.8. The van der Waals surface area contributed by atoms with E-state index in [1.165, 1.54) is 0 Å². The fourth-order valence-electron chi connectivity index (χ4n) is 1.96. The first kappa shape index (κ1) is 14.0. The van der Waals surface area contributed by atoms with Crippen molar-refractivity contribution in [2.24, 2.45) is 0 Å². The summed E-state index contributed by atoms with van der Waals surface area (Å²) in [6, 6.07) is 3.55. The lowest BCUT2D eigenvalue weighted by atomic mass is 10.3. The van der Waals surface area contributed by atoms with Gasteiger partial charge in [-0.05, 0) is 39.8 Å². The smallest absolute Gasteiger partial charge is 0.270 e. The molecule has 0 saturated heterocycles. The van der Waals surface area contributed by atoms with E-state index >= 15 is 0 Å². The standard InChI is InChI=1S/C14H17N5O/c1-8-5-9(2)18-13(17-8)7-15-14(20)12-6-10(3)16-11(4)19-12/h5-6H,7H2,1-4H3,(H,15,20). The second-order valence-corrected chi connectivity index (χ2v) is 4.69. The summed E-state index contributed by atoms with van der Waals surface area (Å²) in [7, 11) is 0. The van der Waals surface area contributed by atoms with Crippen molar-refractivity contribution in [3.05, 3.63) is 46.6 Å². The van der Waals surface area contributed by atoms with Crippen molar-refractivity contribution < 1.29 is 4.79 Å². The molecule has 104 valence electrons. The van der Waals surface area contributed by atoms with Crippen LogP contribution in [-0.2, 0) is 6.54 Å². The predicted molar refractivity (Wildman–Crippen MR) is 74.2 cm³/mol. The molecule has 6 nitrogen and oxygen atoms in total. The Balaban J connectivity index is 2.08. The van der Waals surface area contributed by atoms with E-state index < -0.39 is 0 Å². The Hall–Kier alpha value is -2.37. The van der Waals surface area contributed by atoms with Gasteiger partial charge >= 0.3 is 0 Å². The highest BCUT2D eigenvalue weighted by Crippen LogP contribution is 2.02. The molecule has 1 amide bonds. The Morgan fingerprint density at radius 3 is 2.15 bits per heavy atom. The number of nitrogens with one attached hydrogen (secondary N) is 1. The van der Waals surface area contributed by atoms with Gasteiger partial charge in [0, 0.05) is 17.1 Å². The number of carbonyl (C=O) groups is 1. The summed E-state index contributed by atoms with van der Waals surface area (Å²) >= 11 is 0. The van der Waals surface area contributed by atoms with Gasteiger partial charge in [-0.1, -0.05) is 0 Å². The van der Waals surface area contributed by atoms with Crippen LogP contribution in [0.5, 0.6) is 0 Å². The fraction of sp³-hybridized carbons (Fsp3) is 0.357. The molecule has 1 N–H and O–H groups in total. The van der Waals surface area contributed by atoms with Crippen LogP contribution in [0.25, 0.3) is 0 Å². The van der Waals surface area contributed by atoms with Gasteiger partial charge in [0.15, 0.2) is 0 Å². The van der Waals surface area contributed by atoms with E-state index in [0.717, 1.165) is 17.1 Å². The summed E-state index contributed by atoms with van der Waals surface area (Å²) in [5.41, 5.74) is 2.90. The molecule has 0 aliphatic heterocycles. The fourth-order valence-corrected chi connectivity index (χ4v) is 1.96. The molecule has 2 heterocycles. The van der Waals surface area contributed by atoms with Crippen molar-refractivity contribution >= 4 is 5.91 Å². The van der Waals surface area contributed by atoms with Crippen LogP contribution in [0.1, 0.15) is 39.2 Å². The van der Waals surface area contributed by atoms with Gasteiger partial charge in [0.2, 0.25) is 0 Å². The van der Waals surface area contributed by atoms with E-state index in [4.69, 9.17) is 0 Å². The van der Waals surface area contributed by atoms with Crippen molar-refractivity contribution in [1.82, 2.24) is 25.3 Å². The van der Waals surface area contributed by atoms with Crippen LogP contribution in [-0.4, -0.2) is 25.8 Å². The maximum atomic E-state index is 12.0. The number of hydrogen-bond acceptors (Lipinski definition) is 5. The van der Waals surface area contributed by atoms with Crippen molar-refractivity contribution in [2.75, 3.05) is 0 Å². The van der Waals surface area contributed by atoms with Crippen LogP contribution in [0, 0.1) is 27.7 Å². The molecule has 0 unspecified atom stereocenters. The minimum absolute atomic E-state index is 0.249. The molecule has 2 rings (SSSR count). The van der Waals surface area contributed by atoms with Gasteiger partial charge in [0.05, 0.1) is 6.54 Å². The van der Waals surface area contributed by atoms with E-state index in [-0.39, 0.29) is 12.5 Å². The average Bonchev–Trinajstić information content (AvgIpc) is 2.33. The summed E-state index contributed by atoms with van der Waals surface area (Å²) in [5, 5.41) is 2.77. The summed E-state index contributed by atoms with van der Waals surface area (Å²) in [6.45, 7) is 7.67. The highest BCUT2D eigenvalue weighted by Gasteiger charge is 2.10. The maximum Gasteiger partial charge on any atom is 0.270 e. The van der Waals surface area contributed by atoms with Crippen molar-refractivity contribution in [3.63, 3.8) is 0 Å². The SMILES string of the molecule is Cc1cc(C(=O)NCc2nc(C)cc(C)n2)nc(C)n1. The highest BCUT2D eigenvalue weighted by atomic mass is 16.1. The summed E-state index contributed by atoms with van der Waals surface area (Å²) in [5.74, 6) is 0.928. The van der Waals surface area contributed by atoms with E-state index in [2.05, 4.69) is 25.3 Å². The van der Waals surface area contributed by atoms with Gasteiger partial charge in [0.1, 0.15) is 17.3 Å². The van der Waals surface area contributed by atoms with Crippen LogP contribution >= 0.6 is 0 Å². The first-order valence-corrected chi connectivity index (χ1v) is 6.35. The molecule has 0 spiro atoms. The topological polar surface area (TPSA) is 80.7 Å². The molecule has 6 heteroatoms. The largest absolute Gasteiger partial charge is 0.343 e. The molecule has 0 bridgehead atoms. The summed E-state index contributed by atoms with van der Waals surface area (Å²) < 4.78 is 0. The number of hydrogen-bond donors (Lipinski definition) is 1. The molecule has 20 heavy (non-hydrogen) atoms. The van der Waals surface area contributed by atoms with Gasteiger partial charge < -0.3 is 5.32 Å². The van der Waals surface area contributed by atoms with Crippen molar-refractivity contribution in [2.45, 2.75) is 34.2 Å². The zero-order chi connectivity index (χ0) is 14.7. The second kappa shape index (κ2) is 5.73. The first-order valence-electron chi connectivity index (χ1n) is 6.35. The quantitative estimate of drug-likeness (QED) is 0.913. The summed E-state index contributed by atoms with van der Waals surface area (Å²) in [6.07, 6.45) is 0. The minimum Gasteiger partial charge on any atom is -0.343 e. The maximum absolute atomic E-state index is 12.0. The third-order valence-electron chi connectivity index (χ3n) is 2.63. The van der Waals surface area contributed by atoms with Gasteiger partial charge in [-0.15, -0.1) is 0 Å². The Bertz CT molecular complexity index is 614. The van der Waals surface area contributed by atoms with Crippen LogP contribution in [0.4, 0.5) is 0 Å². The minimum atomic E-state index is -0.249. The van der Waals surface area contributed by atoms with Crippen LogP contribution in [0.3, 0.4) is 0 Å². The van der Waals surface area contributed by atoms with Crippen molar-refractivity contribution in [1.29, 1.82) is 0 Å². The number of aryl methyl sites for hydroxylation is 4. The van der Waals surface area contributed by atoms with Gasteiger partial charge in [0.25, 0.3) is 5.91 Å². The Kier molecular flexibility index (Phi) is 4.02. The Morgan fingerprint density at radius 1 is 0.950 bits per heavy atom. The number of carbonyl (C=O) groups excluding carboxylic acids is 1. The molecule has 0 fully saturated rings. The molecule has 0 aliphatic carbocycles. The molecule has 0 saturated carbocycles. The molecule has 0 aromatic carbocycles.